The van der Waals surface area contributed by atoms with Gasteiger partial charge in [0.05, 0.1) is 16.1 Å². The lowest BCUT2D eigenvalue weighted by Crippen LogP contribution is -2.30. The van der Waals surface area contributed by atoms with Crippen molar-refractivity contribution in [2.45, 2.75) is 11.8 Å². The van der Waals surface area contributed by atoms with E-state index in [1.807, 2.05) is 6.92 Å². The first-order valence-electron chi connectivity index (χ1n) is 6.50. The van der Waals surface area contributed by atoms with Crippen LogP contribution in [0.25, 0.3) is 0 Å². The van der Waals surface area contributed by atoms with E-state index in [2.05, 4.69) is 5.32 Å². The molecule has 1 amide bonds. The number of rotatable bonds is 4. The van der Waals surface area contributed by atoms with Crippen LogP contribution in [0.1, 0.15) is 15.9 Å². The van der Waals surface area contributed by atoms with Gasteiger partial charge in [-0.1, -0.05) is 29.8 Å². The lowest BCUT2D eigenvalue weighted by atomic mass is 10.2. The van der Waals surface area contributed by atoms with Crippen LogP contribution in [-0.4, -0.2) is 26.6 Å². The van der Waals surface area contributed by atoms with E-state index in [-0.39, 0.29) is 20.6 Å². The summed E-state index contributed by atoms with van der Waals surface area (Å²) in [7, 11) is -2.74. The Balaban J connectivity index is 2.49. The summed E-state index contributed by atoms with van der Waals surface area (Å²) < 4.78 is 25.0. The van der Waals surface area contributed by atoms with Crippen molar-refractivity contribution in [2.75, 3.05) is 11.5 Å². The van der Waals surface area contributed by atoms with Crippen molar-refractivity contribution in [1.82, 2.24) is 5.32 Å². The molecule has 0 heterocycles. The molecule has 116 valence electrons. The molecule has 0 fully saturated rings. The maximum Gasteiger partial charge on any atom is 0.286 e. The predicted molar refractivity (Wildman–Crippen MR) is 82.5 cm³/mol. The summed E-state index contributed by atoms with van der Waals surface area (Å²) in [5, 5.41) is 12.6. The molecule has 0 atom stereocenters. The fourth-order valence-electron chi connectivity index (χ4n) is 1.91. The Kier molecular flexibility index (Phi) is 4.48. The van der Waals surface area contributed by atoms with Crippen LogP contribution in [0.2, 0.25) is 0 Å². The maximum atomic E-state index is 12.5. The Morgan fingerprint density at radius 3 is 2.27 bits per heavy atom. The second-order valence-electron chi connectivity index (χ2n) is 4.66. The lowest BCUT2D eigenvalue weighted by Gasteiger charge is -2.19. The molecule has 2 rings (SSSR count). The lowest BCUT2D eigenvalue weighted by molar-refractivity contribution is 0.0962. The smallest absolute Gasteiger partial charge is 0.286 e. The number of sulfonamides is 1. The Morgan fingerprint density at radius 1 is 1.09 bits per heavy atom. The summed E-state index contributed by atoms with van der Waals surface area (Å²) in [6.07, 6.45) is 0. The molecular weight excluding hydrogens is 304 g/mol. The molecule has 0 aliphatic rings. The molecule has 6 nitrogen and oxygen atoms in total. The van der Waals surface area contributed by atoms with E-state index in [9.17, 15) is 18.4 Å². The molecule has 2 N–H and O–H groups in total. The van der Waals surface area contributed by atoms with E-state index < -0.39 is 15.9 Å². The van der Waals surface area contributed by atoms with Gasteiger partial charge in [-0.05, 0) is 31.2 Å². The van der Waals surface area contributed by atoms with Gasteiger partial charge in [-0.3, -0.25) is 10.0 Å². The summed E-state index contributed by atoms with van der Waals surface area (Å²) >= 11 is 0. The molecule has 2 aromatic carbocycles. The van der Waals surface area contributed by atoms with E-state index in [1.165, 1.54) is 37.4 Å². The van der Waals surface area contributed by atoms with Gasteiger partial charge in [-0.15, -0.1) is 4.47 Å². The minimum absolute atomic E-state index is 0.0585. The van der Waals surface area contributed by atoms with Crippen molar-refractivity contribution >= 4 is 21.6 Å². The van der Waals surface area contributed by atoms with E-state index in [0.717, 1.165) is 5.56 Å². The van der Waals surface area contributed by atoms with Crippen molar-refractivity contribution in [2.24, 2.45) is 0 Å². The van der Waals surface area contributed by atoms with Crippen LogP contribution >= 0.6 is 0 Å². The zero-order chi connectivity index (χ0) is 16.3. The van der Waals surface area contributed by atoms with Crippen LogP contribution in [0.4, 0.5) is 5.69 Å². The molecule has 0 spiro atoms. The van der Waals surface area contributed by atoms with Gasteiger partial charge in [0.1, 0.15) is 0 Å². The molecule has 0 aliphatic carbocycles. The quantitative estimate of drug-likeness (QED) is 0.843. The zero-order valence-corrected chi connectivity index (χ0v) is 13.0. The predicted octanol–water partition coefficient (Wildman–Crippen LogP) is 1.94. The highest BCUT2D eigenvalue weighted by atomic mass is 32.2. The van der Waals surface area contributed by atoms with Gasteiger partial charge in [-0.25, -0.2) is 0 Å². The molecule has 0 aromatic heterocycles. The van der Waals surface area contributed by atoms with Crippen molar-refractivity contribution in [1.29, 1.82) is 0 Å². The van der Waals surface area contributed by atoms with E-state index in [0.29, 0.717) is 0 Å². The summed E-state index contributed by atoms with van der Waals surface area (Å²) in [6, 6.07) is 12.0. The third-order valence-corrected chi connectivity index (χ3v) is 4.65. The third kappa shape index (κ3) is 2.95. The minimum atomic E-state index is -4.16. The summed E-state index contributed by atoms with van der Waals surface area (Å²) in [5.41, 5.74) is 0.847. The van der Waals surface area contributed by atoms with Crippen molar-refractivity contribution in [3.05, 3.63) is 59.7 Å². The van der Waals surface area contributed by atoms with Crippen molar-refractivity contribution in [3.8, 4) is 0 Å². The number of nitrogens with zero attached hydrogens (tertiary/aromatic N) is 1. The monoisotopic (exact) mass is 320 g/mol. The Labute approximate surface area is 129 Å². The van der Waals surface area contributed by atoms with Crippen LogP contribution in [0.15, 0.2) is 53.4 Å². The van der Waals surface area contributed by atoms with Gasteiger partial charge < -0.3 is 5.32 Å². The van der Waals surface area contributed by atoms with Gasteiger partial charge in [0.15, 0.2) is 0 Å². The van der Waals surface area contributed by atoms with Gasteiger partial charge >= 0.3 is 0 Å². The fourth-order valence-corrected chi connectivity index (χ4v) is 3.00. The van der Waals surface area contributed by atoms with Crippen LogP contribution in [-0.2, 0) is 10.0 Å². The normalized spacial score (nSPS) is 11.0. The Hall–Kier alpha value is -2.38. The average Bonchev–Trinajstić information content (AvgIpc) is 2.53. The Morgan fingerprint density at radius 2 is 1.68 bits per heavy atom. The second kappa shape index (κ2) is 6.17. The molecular formula is C15H16N2O4S. The zero-order valence-electron chi connectivity index (χ0n) is 12.1. The fraction of sp³-hybridized carbons (Fsp3) is 0.133. The number of anilines is 1. The number of benzene rings is 2. The standard InChI is InChI=1S/C15H16N2O4S/c1-11-7-9-12(10-8-11)22(20,21)17(19)14-6-4-3-5-13(14)15(18)16-2/h3-10,19H,1-2H3,(H,16,18). The van der Waals surface area contributed by atoms with E-state index in [1.54, 1.807) is 18.2 Å². The molecule has 0 aliphatic heterocycles. The number of para-hydroxylation sites is 1. The number of amides is 1. The van der Waals surface area contributed by atoms with Crippen LogP contribution < -0.4 is 9.79 Å². The SMILES string of the molecule is CNC(=O)c1ccccc1N(O)S(=O)(=O)c1ccc(C)cc1. The molecule has 7 heteroatoms. The number of carbonyl (C=O) groups is 1. The minimum Gasteiger partial charge on any atom is -0.355 e. The molecule has 0 radical (unpaired) electrons. The van der Waals surface area contributed by atoms with Crippen LogP contribution in [0.3, 0.4) is 0 Å². The summed E-state index contributed by atoms with van der Waals surface area (Å²) in [6.45, 7) is 1.83. The van der Waals surface area contributed by atoms with Gasteiger partial charge in [0.25, 0.3) is 15.9 Å². The molecule has 0 bridgehead atoms. The molecule has 2 aromatic rings. The summed E-state index contributed by atoms with van der Waals surface area (Å²) in [4.78, 5) is 11.7. The number of carbonyl (C=O) groups excluding carboxylic acids is 1. The molecule has 0 unspecified atom stereocenters. The summed E-state index contributed by atoms with van der Waals surface area (Å²) in [5.74, 6) is -0.492. The first-order chi connectivity index (χ1) is 10.4. The van der Waals surface area contributed by atoms with Crippen molar-refractivity contribution in [3.63, 3.8) is 0 Å². The number of hydrogen-bond acceptors (Lipinski definition) is 4. The highest BCUT2D eigenvalue weighted by molar-refractivity contribution is 7.92. The molecule has 0 saturated heterocycles. The average molecular weight is 320 g/mol. The largest absolute Gasteiger partial charge is 0.355 e. The van der Waals surface area contributed by atoms with Crippen molar-refractivity contribution < 1.29 is 18.4 Å². The van der Waals surface area contributed by atoms with Gasteiger partial charge in [0.2, 0.25) is 0 Å². The topological polar surface area (TPSA) is 86.7 Å². The second-order valence-corrected chi connectivity index (χ2v) is 6.42. The van der Waals surface area contributed by atoms with Gasteiger partial charge in [0, 0.05) is 7.05 Å². The molecule has 22 heavy (non-hydrogen) atoms. The first kappa shape index (κ1) is 16.0. The third-order valence-electron chi connectivity index (χ3n) is 3.13. The number of aryl methyl sites for hydroxylation is 1. The highest BCUT2D eigenvalue weighted by Crippen LogP contribution is 2.25. The van der Waals surface area contributed by atoms with E-state index in [4.69, 9.17) is 0 Å². The highest BCUT2D eigenvalue weighted by Gasteiger charge is 2.26. The maximum absolute atomic E-state index is 12.5. The molecule has 0 saturated carbocycles. The van der Waals surface area contributed by atoms with Crippen LogP contribution in [0, 0.1) is 6.92 Å². The first-order valence-corrected chi connectivity index (χ1v) is 7.94. The Bertz CT molecular complexity index is 785. The number of nitrogens with one attached hydrogen (secondary N) is 1. The van der Waals surface area contributed by atoms with Crippen LogP contribution in [0.5, 0.6) is 0 Å². The number of hydrogen-bond donors (Lipinski definition) is 2. The van der Waals surface area contributed by atoms with Gasteiger partial charge in [-0.2, -0.15) is 8.42 Å². The van der Waals surface area contributed by atoms with E-state index >= 15 is 0 Å².